The van der Waals surface area contributed by atoms with Gasteiger partial charge >= 0.3 is 12.1 Å². The van der Waals surface area contributed by atoms with E-state index >= 15 is 0 Å². The maximum Gasteiger partial charge on any atom is 0.411 e. The minimum Gasteiger partial charge on any atom is -0.446 e. The number of hydrogen-bond acceptors (Lipinski definition) is 6. The van der Waals surface area contributed by atoms with Crippen LogP contribution in [0.2, 0.25) is 0 Å². The van der Waals surface area contributed by atoms with Gasteiger partial charge in [-0.05, 0) is 50.9 Å². The minimum absolute atomic E-state index is 0.0206. The number of carbonyl (C=O) groups excluding carboxylic acids is 3. The second kappa shape index (κ2) is 13.1. The number of nitrogens with one attached hydrogen (secondary N) is 3. The van der Waals surface area contributed by atoms with Crippen molar-refractivity contribution < 1.29 is 19.1 Å². The van der Waals surface area contributed by atoms with Gasteiger partial charge in [-0.2, -0.15) is 0 Å². The third-order valence-electron chi connectivity index (χ3n) is 8.02. The van der Waals surface area contributed by atoms with Crippen molar-refractivity contribution in [2.45, 2.75) is 43.9 Å². The molecule has 0 unspecified atom stereocenters. The fourth-order valence-electron chi connectivity index (χ4n) is 5.80. The van der Waals surface area contributed by atoms with E-state index in [9.17, 15) is 14.4 Å². The van der Waals surface area contributed by atoms with Crippen LogP contribution in [0.1, 0.15) is 25.7 Å². The summed E-state index contributed by atoms with van der Waals surface area (Å²) in [6, 6.07) is 17.6. The summed E-state index contributed by atoms with van der Waals surface area (Å²) in [5.41, 5.74) is 2.68. The molecule has 3 N–H and O–H groups in total. The normalized spacial score (nSPS) is 22.2. The Hall–Kier alpha value is -3.63. The Morgan fingerprint density at radius 3 is 2.23 bits per heavy atom. The molecular weight excluding hydrogens is 508 g/mol. The van der Waals surface area contributed by atoms with Crippen LogP contribution < -0.4 is 16.0 Å². The molecule has 0 saturated carbocycles. The quantitative estimate of drug-likeness (QED) is 0.491. The van der Waals surface area contributed by atoms with Crippen LogP contribution in [0.5, 0.6) is 0 Å². The Labute approximate surface area is 236 Å². The third kappa shape index (κ3) is 7.51. The Morgan fingerprint density at radius 2 is 1.50 bits per heavy atom. The van der Waals surface area contributed by atoms with Gasteiger partial charge in [0, 0.05) is 50.4 Å². The summed E-state index contributed by atoms with van der Waals surface area (Å²) in [6.45, 7) is 4.79. The summed E-state index contributed by atoms with van der Waals surface area (Å²) in [7, 11) is 2.06. The maximum absolute atomic E-state index is 12.9. The first-order chi connectivity index (χ1) is 19.4. The summed E-state index contributed by atoms with van der Waals surface area (Å²) >= 11 is 0. The average Bonchev–Trinajstić information content (AvgIpc) is 3.59. The van der Waals surface area contributed by atoms with Crippen LogP contribution in [-0.4, -0.2) is 104 Å². The molecule has 3 fully saturated rings. The summed E-state index contributed by atoms with van der Waals surface area (Å²) in [5.74, 6) is 0.0803. The Bertz CT molecular complexity index is 1170. The van der Waals surface area contributed by atoms with Crippen molar-refractivity contribution in [3.8, 4) is 11.1 Å². The van der Waals surface area contributed by atoms with Crippen LogP contribution >= 0.6 is 0 Å². The fraction of sp³-hybridized carbons (Fsp3) is 0.500. The van der Waals surface area contributed by atoms with Crippen molar-refractivity contribution in [2.75, 3.05) is 58.2 Å². The number of nitrogens with zero attached hydrogens (tertiary/aromatic N) is 3. The predicted octanol–water partition coefficient (Wildman–Crippen LogP) is 2.97. The zero-order chi connectivity index (χ0) is 27.9. The van der Waals surface area contributed by atoms with E-state index in [1.54, 1.807) is 0 Å². The van der Waals surface area contributed by atoms with Crippen LogP contribution in [0.3, 0.4) is 0 Å². The van der Waals surface area contributed by atoms with E-state index in [1.807, 2.05) is 59.5 Å². The lowest BCUT2D eigenvalue weighted by molar-refractivity contribution is -0.132. The first-order valence-corrected chi connectivity index (χ1v) is 14.3. The highest BCUT2D eigenvalue weighted by molar-refractivity contribution is 5.91. The molecule has 10 heteroatoms. The molecule has 40 heavy (non-hydrogen) atoms. The Morgan fingerprint density at radius 1 is 0.825 bits per heavy atom. The van der Waals surface area contributed by atoms with Crippen molar-refractivity contribution in [1.29, 1.82) is 0 Å². The highest BCUT2D eigenvalue weighted by Crippen LogP contribution is 2.28. The molecule has 3 aliphatic rings. The van der Waals surface area contributed by atoms with Crippen molar-refractivity contribution >= 4 is 23.7 Å². The number of likely N-dealkylation sites (N-methyl/N-ethyl adjacent to an activating group) is 1. The van der Waals surface area contributed by atoms with Gasteiger partial charge in [-0.15, -0.1) is 0 Å². The molecule has 2 aromatic rings. The van der Waals surface area contributed by atoms with E-state index in [1.165, 1.54) is 0 Å². The van der Waals surface area contributed by atoms with Crippen LogP contribution in [0.15, 0.2) is 54.6 Å². The number of rotatable bonds is 7. The number of ether oxygens (including phenoxy) is 1. The summed E-state index contributed by atoms with van der Waals surface area (Å²) in [5, 5.41) is 8.98. The average molecular weight is 549 g/mol. The van der Waals surface area contributed by atoms with Crippen molar-refractivity contribution in [3.05, 3.63) is 54.6 Å². The maximum atomic E-state index is 12.9. The molecule has 3 heterocycles. The lowest BCUT2D eigenvalue weighted by Gasteiger charge is -2.32. The molecule has 4 amide bonds. The van der Waals surface area contributed by atoms with Crippen molar-refractivity contribution in [1.82, 2.24) is 25.3 Å². The van der Waals surface area contributed by atoms with Gasteiger partial charge in [0.15, 0.2) is 0 Å². The molecule has 0 aliphatic carbocycles. The van der Waals surface area contributed by atoms with Crippen LogP contribution in [0, 0.1) is 0 Å². The van der Waals surface area contributed by atoms with E-state index in [4.69, 9.17) is 4.74 Å². The van der Waals surface area contributed by atoms with Crippen LogP contribution in [0.25, 0.3) is 11.1 Å². The van der Waals surface area contributed by atoms with Gasteiger partial charge in [-0.3, -0.25) is 15.0 Å². The van der Waals surface area contributed by atoms with E-state index in [0.717, 1.165) is 37.1 Å². The number of piperidine rings is 1. The highest BCUT2D eigenvalue weighted by atomic mass is 16.6. The highest BCUT2D eigenvalue weighted by Gasteiger charge is 2.31. The van der Waals surface area contributed by atoms with Crippen LogP contribution in [-0.2, 0) is 9.53 Å². The standard InChI is InChI=1S/C30H40N6O4/c1-34-15-11-23(19-34)31-29(38)32-24-12-18-36(20-24)28(37)21-35-16-13-25(14-17-35)40-30(39)33-27-10-6-5-9-26(27)22-7-3-2-4-8-22/h2-10,23-25H,11-21H2,1H3,(H,33,39)(H2,31,32,38)/t23-,24+/m0/s1. The molecule has 0 bridgehead atoms. The zero-order valence-corrected chi connectivity index (χ0v) is 23.2. The van der Waals surface area contributed by atoms with Gasteiger partial charge < -0.3 is 25.2 Å². The second-order valence-corrected chi connectivity index (χ2v) is 11.1. The molecule has 0 aromatic heterocycles. The predicted molar refractivity (Wildman–Crippen MR) is 154 cm³/mol. The van der Waals surface area contributed by atoms with Gasteiger partial charge in [0.1, 0.15) is 6.10 Å². The number of benzene rings is 2. The number of anilines is 1. The first kappa shape index (κ1) is 27.9. The number of carbonyl (C=O) groups is 3. The molecule has 3 aliphatic heterocycles. The third-order valence-corrected chi connectivity index (χ3v) is 8.02. The van der Waals surface area contributed by atoms with Gasteiger partial charge in [-0.25, -0.2) is 9.59 Å². The van der Waals surface area contributed by atoms with Crippen molar-refractivity contribution in [3.63, 3.8) is 0 Å². The zero-order valence-electron chi connectivity index (χ0n) is 23.2. The topological polar surface area (TPSA) is 106 Å². The largest absolute Gasteiger partial charge is 0.446 e. The molecule has 10 nitrogen and oxygen atoms in total. The molecule has 0 spiro atoms. The first-order valence-electron chi connectivity index (χ1n) is 14.3. The summed E-state index contributed by atoms with van der Waals surface area (Å²) in [6.07, 6.45) is 2.45. The monoisotopic (exact) mass is 548 g/mol. The number of amides is 4. The Kier molecular flexibility index (Phi) is 9.18. The number of hydrogen-bond donors (Lipinski definition) is 3. The van der Waals surface area contributed by atoms with E-state index in [2.05, 4.69) is 32.8 Å². The van der Waals surface area contributed by atoms with E-state index in [0.29, 0.717) is 51.3 Å². The number of urea groups is 1. The lowest BCUT2D eigenvalue weighted by atomic mass is 10.0. The molecular formula is C30H40N6O4. The lowest BCUT2D eigenvalue weighted by Crippen LogP contribution is -2.48. The molecule has 2 atom stereocenters. The van der Waals surface area contributed by atoms with Gasteiger partial charge in [-0.1, -0.05) is 48.5 Å². The number of likely N-dealkylation sites (tertiary alicyclic amines) is 3. The molecule has 0 radical (unpaired) electrons. The molecule has 2 aromatic carbocycles. The Balaban J connectivity index is 1.01. The van der Waals surface area contributed by atoms with E-state index in [-0.39, 0.29) is 30.1 Å². The van der Waals surface area contributed by atoms with Crippen LogP contribution in [0.4, 0.5) is 15.3 Å². The number of para-hydroxylation sites is 1. The SMILES string of the molecule is CN1CC[C@H](NC(=O)N[C@@H]2CCN(C(=O)CN3CCC(OC(=O)Nc4ccccc4-c4ccccc4)CC3)C2)C1. The van der Waals surface area contributed by atoms with Gasteiger partial charge in [0.2, 0.25) is 5.91 Å². The van der Waals surface area contributed by atoms with Crippen molar-refractivity contribution in [2.24, 2.45) is 0 Å². The van der Waals surface area contributed by atoms with E-state index < -0.39 is 6.09 Å². The molecule has 214 valence electrons. The van der Waals surface area contributed by atoms with Gasteiger partial charge in [0.25, 0.3) is 0 Å². The summed E-state index contributed by atoms with van der Waals surface area (Å²) < 4.78 is 5.72. The second-order valence-electron chi connectivity index (χ2n) is 11.1. The smallest absolute Gasteiger partial charge is 0.411 e. The fourth-order valence-corrected chi connectivity index (χ4v) is 5.80. The molecule has 3 saturated heterocycles. The summed E-state index contributed by atoms with van der Waals surface area (Å²) in [4.78, 5) is 44.1. The minimum atomic E-state index is -0.461. The van der Waals surface area contributed by atoms with Gasteiger partial charge in [0.05, 0.1) is 12.2 Å². The molecule has 5 rings (SSSR count).